The van der Waals surface area contributed by atoms with E-state index in [1.165, 1.54) is 0 Å². The van der Waals surface area contributed by atoms with Gasteiger partial charge in [-0.3, -0.25) is 14.6 Å². The second kappa shape index (κ2) is 7.97. The molecule has 21 heavy (non-hydrogen) atoms. The maximum absolute atomic E-state index is 10.6. The fourth-order valence-corrected chi connectivity index (χ4v) is 2.38. The van der Waals surface area contributed by atoms with Crippen LogP contribution in [0.4, 0.5) is 0 Å². The number of para-hydroxylation sites is 1. The van der Waals surface area contributed by atoms with E-state index in [0.29, 0.717) is 6.54 Å². The Morgan fingerprint density at radius 1 is 1.14 bits per heavy atom. The van der Waals surface area contributed by atoms with Gasteiger partial charge in [0.2, 0.25) is 0 Å². The van der Waals surface area contributed by atoms with E-state index in [1.807, 2.05) is 35.2 Å². The Kier molecular flexibility index (Phi) is 5.98. The molecule has 0 saturated carbocycles. The van der Waals surface area contributed by atoms with Crippen molar-refractivity contribution in [1.29, 1.82) is 0 Å². The quantitative estimate of drug-likeness (QED) is 0.744. The first-order valence-electron chi connectivity index (χ1n) is 7.16. The fraction of sp³-hybridized carbons (Fsp3) is 0.533. The van der Waals surface area contributed by atoms with Gasteiger partial charge in [-0.2, -0.15) is 0 Å². The Bertz CT molecular complexity index is 433. The molecular weight excluding hydrogens is 272 g/mol. The third-order valence-electron chi connectivity index (χ3n) is 3.48. The molecule has 1 atom stereocenters. The zero-order chi connectivity index (χ0) is 15.1. The molecule has 0 aromatic heterocycles. The predicted molar refractivity (Wildman–Crippen MR) is 78.5 cm³/mol. The summed E-state index contributed by atoms with van der Waals surface area (Å²) in [5.74, 6) is -0.0393. The lowest BCUT2D eigenvalue weighted by Crippen LogP contribution is -2.50. The topological polar surface area (TPSA) is 73.2 Å². The molecule has 0 aliphatic carbocycles. The summed E-state index contributed by atoms with van der Waals surface area (Å²) in [7, 11) is 0. The number of aliphatic carboxylic acids is 1. The lowest BCUT2D eigenvalue weighted by Gasteiger charge is -2.34. The monoisotopic (exact) mass is 294 g/mol. The van der Waals surface area contributed by atoms with Gasteiger partial charge in [0.05, 0.1) is 6.54 Å². The van der Waals surface area contributed by atoms with E-state index in [9.17, 15) is 9.90 Å². The van der Waals surface area contributed by atoms with Crippen LogP contribution in [0.25, 0.3) is 0 Å². The standard InChI is InChI=1S/C15H22N2O4/c18-13(12-21-14-4-2-1-3-5-14)10-16-6-8-17(9-7-16)11-15(19)20/h1-5,13,18H,6-12H2,(H,19,20). The summed E-state index contributed by atoms with van der Waals surface area (Å²) in [5, 5.41) is 18.7. The molecular formula is C15H22N2O4. The molecule has 116 valence electrons. The molecule has 1 fully saturated rings. The molecule has 1 unspecified atom stereocenters. The van der Waals surface area contributed by atoms with Crippen LogP contribution in [0.3, 0.4) is 0 Å². The van der Waals surface area contributed by atoms with Crippen LogP contribution < -0.4 is 4.74 Å². The van der Waals surface area contributed by atoms with Crippen LogP contribution >= 0.6 is 0 Å². The van der Waals surface area contributed by atoms with Gasteiger partial charge < -0.3 is 14.9 Å². The molecule has 2 N–H and O–H groups in total. The molecule has 1 aliphatic rings. The van der Waals surface area contributed by atoms with Crippen molar-refractivity contribution in [3.8, 4) is 5.75 Å². The highest BCUT2D eigenvalue weighted by Crippen LogP contribution is 2.09. The van der Waals surface area contributed by atoms with E-state index in [4.69, 9.17) is 9.84 Å². The highest BCUT2D eigenvalue weighted by molar-refractivity contribution is 5.69. The van der Waals surface area contributed by atoms with E-state index < -0.39 is 12.1 Å². The highest BCUT2D eigenvalue weighted by atomic mass is 16.5. The SMILES string of the molecule is O=C(O)CN1CCN(CC(O)COc2ccccc2)CC1. The van der Waals surface area contributed by atoms with Crippen molar-refractivity contribution in [2.24, 2.45) is 0 Å². The highest BCUT2D eigenvalue weighted by Gasteiger charge is 2.20. The minimum absolute atomic E-state index is 0.0908. The van der Waals surface area contributed by atoms with E-state index >= 15 is 0 Å². The molecule has 1 aliphatic heterocycles. The van der Waals surface area contributed by atoms with Crippen LogP contribution in [0.5, 0.6) is 5.75 Å². The van der Waals surface area contributed by atoms with Crippen LogP contribution in [0, 0.1) is 0 Å². The molecule has 0 spiro atoms. The Hall–Kier alpha value is -1.63. The minimum Gasteiger partial charge on any atom is -0.491 e. The predicted octanol–water partition coefficient (Wildman–Crippen LogP) is 0.129. The number of hydrogen-bond acceptors (Lipinski definition) is 5. The van der Waals surface area contributed by atoms with Gasteiger partial charge in [-0.05, 0) is 12.1 Å². The maximum atomic E-state index is 10.6. The summed E-state index contributed by atoms with van der Waals surface area (Å²) in [4.78, 5) is 14.7. The van der Waals surface area contributed by atoms with Crippen molar-refractivity contribution < 1.29 is 19.7 Å². The Morgan fingerprint density at radius 3 is 2.38 bits per heavy atom. The number of ether oxygens (including phenoxy) is 1. The van der Waals surface area contributed by atoms with E-state index in [2.05, 4.69) is 4.90 Å². The van der Waals surface area contributed by atoms with E-state index in [-0.39, 0.29) is 13.2 Å². The van der Waals surface area contributed by atoms with Gasteiger partial charge in [-0.25, -0.2) is 0 Å². The summed E-state index contributed by atoms with van der Waals surface area (Å²) in [6, 6.07) is 9.42. The normalized spacial score (nSPS) is 18.3. The number of hydrogen-bond donors (Lipinski definition) is 2. The number of rotatable bonds is 7. The number of carboxylic acids is 1. The molecule has 0 amide bonds. The minimum atomic E-state index is -0.792. The van der Waals surface area contributed by atoms with Crippen molar-refractivity contribution in [2.45, 2.75) is 6.10 Å². The summed E-state index contributed by atoms with van der Waals surface area (Å²) < 4.78 is 5.52. The van der Waals surface area contributed by atoms with Gasteiger partial charge in [-0.15, -0.1) is 0 Å². The second-order valence-corrected chi connectivity index (χ2v) is 5.25. The van der Waals surface area contributed by atoms with E-state index in [0.717, 1.165) is 31.9 Å². The molecule has 1 aromatic carbocycles. The Morgan fingerprint density at radius 2 is 1.76 bits per heavy atom. The number of β-amino-alcohol motifs (C(OH)–C–C–N with tert-alkyl or cyclic N) is 1. The van der Waals surface area contributed by atoms with Crippen molar-refractivity contribution in [2.75, 3.05) is 45.9 Å². The average molecular weight is 294 g/mol. The van der Waals surface area contributed by atoms with Crippen molar-refractivity contribution in [3.05, 3.63) is 30.3 Å². The number of nitrogens with zero attached hydrogens (tertiary/aromatic N) is 2. The molecule has 6 nitrogen and oxygen atoms in total. The first-order valence-corrected chi connectivity index (χ1v) is 7.16. The molecule has 0 radical (unpaired) electrons. The van der Waals surface area contributed by atoms with Crippen LogP contribution in [-0.4, -0.2) is 78.0 Å². The van der Waals surface area contributed by atoms with Gasteiger partial charge in [-0.1, -0.05) is 18.2 Å². The molecule has 2 rings (SSSR count). The molecule has 1 saturated heterocycles. The van der Waals surface area contributed by atoms with Crippen LogP contribution in [-0.2, 0) is 4.79 Å². The number of carbonyl (C=O) groups is 1. The van der Waals surface area contributed by atoms with Gasteiger partial charge in [0.15, 0.2) is 0 Å². The van der Waals surface area contributed by atoms with Crippen molar-refractivity contribution >= 4 is 5.97 Å². The molecule has 1 aromatic rings. The van der Waals surface area contributed by atoms with Gasteiger partial charge in [0.25, 0.3) is 0 Å². The number of carboxylic acid groups (broad SMARTS) is 1. The molecule has 0 bridgehead atoms. The Labute approximate surface area is 124 Å². The first-order chi connectivity index (χ1) is 10.1. The summed E-state index contributed by atoms with van der Waals surface area (Å²) in [6.45, 7) is 3.89. The number of aliphatic hydroxyl groups excluding tert-OH is 1. The van der Waals surface area contributed by atoms with Crippen LogP contribution in [0.1, 0.15) is 0 Å². The van der Waals surface area contributed by atoms with Gasteiger partial charge in [0, 0.05) is 32.7 Å². The lowest BCUT2D eigenvalue weighted by atomic mass is 10.2. The average Bonchev–Trinajstić information content (AvgIpc) is 2.48. The Balaban J connectivity index is 1.65. The number of piperazine rings is 1. The fourth-order valence-electron chi connectivity index (χ4n) is 2.38. The lowest BCUT2D eigenvalue weighted by molar-refractivity contribution is -0.138. The van der Waals surface area contributed by atoms with Gasteiger partial charge >= 0.3 is 5.97 Å². The molecule has 1 heterocycles. The largest absolute Gasteiger partial charge is 0.491 e. The van der Waals surface area contributed by atoms with Gasteiger partial charge in [0.1, 0.15) is 18.5 Å². The second-order valence-electron chi connectivity index (χ2n) is 5.25. The zero-order valence-electron chi connectivity index (χ0n) is 12.0. The summed E-state index contributed by atoms with van der Waals surface area (Å²) in [6.07, 6.45) is -0.545. The number of aliphatic hydroxyl groups is 1. The van der Waals surface area contributed by atoms with Crippen molar-refractivity contribution in [3.63, 3.8) is 0 Å². The summed E-state index contributed by atoms with van der Waals surface area (Å²) in [5.41, 5.74) is 0. The third-order valence-corrected chi connectivity index (χ3v) is 3.48. The number of benzene rings is 1. The third kappa shape index (κ3) is 5.71. The van der Waals surface area contributed by atoms with E-state index in [1.54, 1.807) is 0 Å². The first kappa shape index (κ1) is 15.8. The smallest absolute Gasteiger partial charge is 0.317 e. The maximum Gasteiger partial charge on any atom is 0.317 e. The van der Waals surface area contributed by atoms with Crippen LogP contribution in [0.15, 0.2) is 30.3 Å². The summed E-state index contributed by atoms with van der Waals surface area (Å²) >= 11 is 0. The van der Waals surface area contributed by atoms with Crippen LogP contribution in [0.2, 0.25) is 0 Å². The zero-order valence-corrected chi connectivity index (χ0v) is 12.0. The molecule has 6 heteroatoms. The van der Waals surface area contributed by atoms with Crippen molar-refractivity contribution in [1.82, 2.24) is 9.80 Å².